The molecule has 1 unspecified atom stereocenters. The van der Waals surface area contributed by atoms with E-state index in [0.717, 1.165) is 5.56 Å². The molecule has 1 fully saturated rings. The van der Waals surface area contributed by atoms with E-state index in [-0.39, 0.29) is 19.3 Å². The van der Waals surface area contributed by atoms with Crippen LogP contribution >= 0.6 is 0 Å². The molecule has 1 aromatic carbocycles. The molecule has 1 aromatic rings. The number of hydrogen-bond acceptors (Lipinski definition) is 3. The molecule has 1 heterocycles. The molecule has 0 aromatic heterocycles. The van der Waals surface area contributed by atoms with Crippen LogP contribution in [0.15, 0.2) is 30.3 Å². The molecule has 1 aliphatic rings. The Balaban J connectivity index is 2.17. The van der Waals surface area contributed by atoms with Gasteiger partial charge in [-0.3, -0.25) is 4.90 Å². The molecule has 1 aliphatic heterocycles. The zero-order valence-electron chi connectivity index (χ0n) is 9.22. The number of amides is 1. The SMILES string of the molecule is CC1(CO)COC(=O)N1Cc1ccccc1. The summed E-state index contributed by atoms with van der Waals surface area (Å²) in [7, 11) is 0. The maximum absolute atomic E-state index is 11.5. The molecule has 0 radical (unpaired) electrons. The van der Waals surface area contributed by atoms with E-state index < -0.39 is 5.54 Å². The largest absolute Gasteiger partial charge is 0.447 e. The first-order valence-corrected chi connectivity index (χ1v) is 5.25. The van der Waals surface area contributed by atoms with E-state index in [2.05, 4.69) is 0 Å². The summed E-state index contributed by atoms with van der Waals surface area (Å²) in [6, 6.07) is 9.67. The zero-order valence-corrected chi connectivity index (χ0v) is 9.22. The Kier molecular flexibility index (Phi) is 2.83. The van der Waals surface area contributed by atoms with Gasteiger partial charge in [-0.2, -0.15) is 0 Å². The number of carbonyl (C=O) groups is 1. The van der Waals surface area contributed by atoms with Gasteiger partial charge >= 0.3 is 6.09 Å². The van der Waals surface area contributed by atoms with Gasteiger partial charge in [0, 0.05) is 6.54 Å². The van der Waals surface area contributed by atoms with Gasteiger partial charge < -0.3 is 9.84 Å². The van der Waals surface area contributed by atoms with Crippen LogP contribution in [0.5, 0.6) is 0 Å². The standard InChI is InChI=1S/C12H15NO3/c1-12(8-14)9-16-11(15)13(12)7-10-5-3-2-4-6-10/h2-6,14H,7-9H2,1H3. The first-order valence-electron chi connectivity index (χ1n) is 5.25. The highest BCUT2D eigenvalue weighted by molar-refractivity contribution is 5.71. The number of benzene rings is 1. The lowest BCUT2D eigenvalue weighted by Gasteiger charge is -2.29. The number of cyclic esters (lactones) is 1. The van der Waals surface area contributed by atoms with Crippen LogP contribution < -0.4 is 0 Å². The third-order valence-electron chi connectivity index (χ3n) is 2.90. The van der Waals surface area contributed by atoms with E-state index in [1.54, 1.807) is 4.90 Å². The molecule has 0 aliphatic carbocycles. The lowest BCUT2D eigenvalue weighted by molar-refractivity contribution is 0.0957. The van der Waals surface area contributed by atoms with E-state index in [9.17, 15) is 9.90 Å². The lowest BCUT2D eigenvalue weighted by Crippen LogP contribution is -2.47. The van der Waals surface area contributed by atoms with Crippen LogP contribution in [-0.2, 0) is 11.3 Å². The molecule has 16 heavy (non-hydrogen) atoms. The molecule has 0 saturated carbocycles. The molecular weight excluding hydrogens is 206 g/mol. The summed E-state index contributed by atoms with van der Waals surface area (Å²) in [5, 5.41) is 9.32. The topological polar surface area (TPSA) is 49.8 Å². The highest BCUT2D eigenvalue weighted by atomic mass is 16.6. The number of aliphatic hydroxyl groups excluding tert-OH is 1. The fraction of sp³-hybridized carbons (Fsp3) is 0.417. The molecule has 1 amide bonds. The predicted molar refractivity (Wildman–Crippen MR) is 58.8 cm³/mol. The smallest absolute Gasteiger partial charge is 0.410 e. The fourth-order valence-corrected chi connectivity index (χ4v) is 1.75. The highest BCUT2D eigenvalue weighted by Crippen LogP contribution is 2.25. The number of aliphatic hydroxyl groups is 1. The van der Waals surface area contributed by atoms with E-state index >= 15 is 0 Å². The van der Waals surface area contributed by atoms with Crippen molar-refractivity contribution < 1.29 is 14.6 Å². The Morgan fingerprint density at radius 1 is 1.44 bits per heavy atom. The number of carbonyl (C=O) groups excluding carboxylic acids is 1. The summed E-state index contributed by atoms with van der Waals surface area (Å²) < 4.78 is 4.97. The molecule has 2 rings (SSSR count). The Bertz CT molecular complexity index is 379. The second kappa shape index (κ2) is 4.14. The molecular formula is C12H15NO3. The second-order valence-corrected chi connectivity index (χ2v) is 4.28. The molecule has 0 bridgehead atoms. The number of ether oxygens (including phenoxy) is 1. The Morgan fingerprint density at radius 2 is 2.12 bits per heavy atom. The highest BCUT2D eigenvalue weighted by Gasteiger charge is 2.43. The van der Waals surface area contributed by atoms with Crippen molar-refractivity contribution in [3.63, 3.8) is 0 Å². The number of nitrogens with zero attached hydrogens (tertiary/aromatic N) is 1. The van der Waals surface area contributed by atoms with Crippen molar-refractivity contribution in [1.82, 2.24) is 4.90 Å². The van der Waals surface area contributed by atoms with Crippen molar-refractivity contribution in [2.45, 2.75) is 19.0 Å². The van der Waals surface area contributed by atoms with Crippen LogP contribution in [0.3, 0.4) is 0 Å². The van der Waals surface area contributed by atoms with Crippen LogP contribution in [0.2, 0.25) is 0 Å². The normalized spacial score (nSPS) is 24.6. The number of hydrogen-bond donors (Lipinski definition) is 1. The monoisotopic (exact) mass is 221 g/mol. The fourth-order valence-electron chi connectivity index (χ4n) is 1.75. The second-order valence-electron chi connectivity index (χ2n) is 4.28. The minimum Gasteiger partial charge on any atom is -0.447 e. The Hall–Kier alpha value is -1.55. The van der Waals surface area contributed by atoms with E-state index in [1.165, 1.54) is 0 Å². The van der Waals surface area contributed by atoms with Gasteiger partial charge in [0.05, 0.1) is 6.61 Å². The van der Waals surface area contributed by atoms with Gasteiger partial charge in [0.1, 0.15) is 12.1 Å². The van der Waals surface area contributed by atoms with Gasteiger partial charge in [-0.15, -0.1) is 0 Å². The van der Waals surface area contributed by atoms with E-state index in [4.69, 9.17) is 4.74 Å². The van der Waals surface area contributed by atoms with Gasteiger partial charge in [0.25, 0.3) is 0 Å². The molecule has 4 nitrogen and oxygen atoms in total. The first-order chi connectivity index (χ1) is 7.65. The van der Waals surface area contributed by atoms with Crippen molar-refractivity contribution in [2.75, 3.05) is 13.2 Å². The molecule has 86 valence electrons. The summed E-state index contributed by atoms with van der Waals surface area (Å²) in [4.78, 5) is 13.1. The molecule has 1 atom stereocenters. The van der Waals surface area contributed by atoms with Crippen molar-refractivity contribution in [2.24, 2.45) is 0 Å². The van der Waals surface area contributed by atoms with Gasteiger partial charge in [0.2, 0.25) is 0 Å². The molecule has 1 N–H and O–H groups in total. The maximum Gasteiger partial charge on any atom is 0.410 e. The average Bonchev–Trinajstić information content (AvgIpc) is 2.60. The van der Waals surface area contributed by atoms with Crippen molar-refractivity contribution in [1.29, 1.82) is 0 Å². The Labute approximate surface area is 94.4 Å². The van der Waals surface area contributed by atoms with Gasteiger partial charge in [0.15, 0.2) is 0 Å². The van der Waals surface area contributed by atoms with Gasteiger partial charge in [-0.25, -0.2) is 4.79 Å². The summed E-state index contributed by atoms with van der Waals surface area (Å²) in [5.41, 5.74) is 0.424. The summed E-state index contributed by atoms with van der Waals surface area (Å²) in [6.45, 7) is 2.44. The van der Waals surface area contributed by atoms with E-state index in [0.29, 0.717) is 6.54 Å². The lowest BCUT2D eigenvalue weighted by atomic mass is 10.0. The third kappa shape index (κ3) is 1.88. The minimum absolute atomic E-state index is 0.0917. The summed E-state index contributed by atoms with van der Waals surface area (Å²) >= 11 is 0. The summed E-state index contributed by atoms with van der Waals surface area (Å²) in [5.74, 6) is 0. The number of rotatable bonds is 3. The van der Waals surface area contributed by atoms with Crippen molar-refractivity contribution in [3.05, 3.63) is 35.9 Å². The Morgan fingerprint density at radius 3 is 2.75 bits per heavy atom. The minimum atomic E-state index is -0.604. The quantitative estimate of drug-likeness (QED) is 0.839. The third-order valence-corrected chi connectivity index (χ3v) is 2.90. The van der Waals surface area contributed by atoms with Gasteiger partial charge in [-0.1, -0.05) is 30.3 Å². The van der Waals surface area contributed by atoms with Gasteiger partial charge in [-0.05, 0) is 12.5 Å². The molecule has 4 heteroatoms. The van der Waals surface area contributed by atoms with Crippen LogP contribution in [0.25, 0.3) is 0 Å². The zero-order chi connectivity index (χ0) is 11.6. The van der Waals surface area contributed by atoms with Crippen LogP contribution in [0.4, 0.5) is 4.79 Å². The van der Waals surface area contributed by atoms with Crippen molar-refractivity contribution in [3.8, 4) is 0 Å². The van der Waals surface area contributed by atoms with Crippen molar-refractivity contribution >= 4 is 6.09 Å². The van der Waals surface area contributed by atoms with Crippen LogP contribution in [0.1, 0.15) is 12.5 Å². The van der Waals surface area contributed by atoms with Crippen LogP contribution in [0, 0.1) is 0 Å². The molecule has 1 saturated heterocycles. The summed E-state index contributed by atoms with van der Waals surface area (Å²) in [6.07, 6.45) is -0.361. The predicted octanol–water partition coefficient (Wildman–Crippen LogP) is 1.39. The van der Waals surface area contributed by atoms with E-state index in [1.807, 2.05) is 37.3 Å². The maximum atomic E-state index is 11.5. The van der Waals surface area contributed by atoms with Crippen LogP contribution in [-0.4, -0.2) is 34.9 Å². The first kappa shape index (κ1) is 11.0. The molecule has 0 spiro atoms. The average molecular weight is 221 g/mol.